The molecule has 0 unspecified atom stereocenters. The van der Waals surface area contributed by atoms with Crippen LogP contribution in [0.25, 0.3) is 0 Å². The van der Waals surface area contributed by atoms with Gasteiger partial charge in [-0.25, -0.2) is 0 Å². The molecule has 0 aromatic carbocycles. The molecule has 6 nitrogen and oxygen atoms in total. The van der Waals surface area contributed by atoms with Crippen LogP contribution in [0.15, 0.2) is 4.52 Å². The number of nitrogens with one attached hydrogen (secondary N) is 1. The summed E-state index contributed by atoms with van der Waals surface area (Å²) < 4.78 is 5.12. The molecule has 1 amide bonds. The van der Waals surface area contributed by atoms with Crippen LogP contribution >= 0.6 is 0 Å². The topological polar surface area (TPSA) is 71.3 Å². The van der Waals surface area contributed by atoms with Gasteiger partial charge in [-0.15, -0.1) is 0 Å². The number of amides is 1. The average molecular weight is 238 g/mol. The van der Waals surface area contributed by atoms with Crippen molar-refractivity contribution >= 4 is 11.9 Å². The first kappa shape index (κ1) is 11.9. The first-order valence-corrected chi connectivity index (χ1v) is 5.90. The number of aromatic nitrogens is 2. The van der Waals surface area contributed by atoms with Gasteiger partial charge in [-0.05, 0) is 6.42 Å². The molecular weight excluding hydrogens is 220 g/mol. The van der Waals surface area contributed by atoms with Crippen molar-refractivity contribution in [2.45, 2.75) is 38.6 Å². The van der Waals surface area contributed by atoms with E-state index in [1.807, 2.05) is 20.9 Å². The van der Waals surface area contributed by atoms with E-state index in [0.29, 0.717) is 24.8 Å². The van der Waals surface area contributed by atoms with Gasteiger partial charge in [0.25, 0.3) is 0 Å². The first-order chi connectivity index (χ1) is 8.06. The number of likely N-dealkylation sites (tertiary alicyclic amines) is 1. The van der Waals surface area contributed by atoms with E-state index in [1.54, 1.807) is 4.90 Å². The molecule has 1 aliphatic rings. The maximum atomic E-state index is 11.3. The fraction of sp³-hybridized carbons (Fsp3) is 0.727. The van der Waals surface area contributed by atoms with E-state index in [9.17, 15) is 4.79 Å². The Morgan fingerprint density at radius 2 is 2.29 bits per heavy atom. The minimum atomic E-state index is 0.191. The molecule has 17 heavy (non-hydrogen) atoms. The zero-order valence-electron chi connectivity index (χ0n) is 10.4. The quantitative estimate of drug-likeness (QED) is 0.857. The third kappa shape index (κ3) is 2.75. The zero-order valence-corrected chi connectivity index (χ0v) is 10.4. The van der Waals surface area contributed by atoms with E-state index in [2.05, 4.69) is 15.5 Å². The molecule has 94 valence electrons. The molecule has 0 bridgehead atoms. The van der Waals surface area contributed by atoms with Gasteiger partial charge in [-0.3, -0.25) is 4.79 Å². The zero-order chi connectivity index (χ0) is 12.4. The van der Waals surface area contributed by atoms with Gasteiger partial charge in [0.1, 0.15) is 0 Å². The van der Waals surface area contributed by atoms with E-state index in [0.717, 1.165) is 6.42 Å². The van der Waals surface area contributed by atoms with Gasteiger partial charge < -0.3 is 14.7 Å². The second kappa shape index (κ2) is 4.73. The maximum absolute atomic E-state index is 11.3. The van der Waals surface area contributed by atoms with E-state index in [1.165, 1.54) is 0 Å². The summed E-state index contributed by atoms with van der Waals surface area (Å²) in [6.07, 6.45) is 1.38. The molecule has 2 heterocycles. The van der Waals surface area contributed by atoms with Gasteiger partial charge in [0.05, 0.1) is 0 Å². The molecule has 0 radical (unpaired) electrons. The Labute approximate surface area is 100 Å². The molecule has 1 saturated heterocycles. The molecule has 1 aliphatic heterocycles. The Hall–Kier alpha value is -1.59. The first-order valence-electron chi connectivity index (χ1n) is 5.90. The predicted octanol–water partition coefficient (Wildman–Crippen LogP) is 1.23. The van der Waals surface area contributed by atoms with Gasteiger partial charge in [0, 0.05) is 32.0 Å². The molecule has 2 rings (SSSR count). The van der Waals surface area contributed by atoms with Crippen LogP contribution in [0.5, 0.6) is 0 Å². The fourth-order valence-electron chi connectivity index (χ4n) is 1.83. The van der Waals surface area contributed by atoms with Crippen LogP contribution in [0.3, 0.4) is 0 Å². The summed E-state index contributed by atoms with van der Waals surface area (Å²) in [6.45, 7) is 4.71. The Balaban J connectivity index is 1.94. The minimum Gasteiger partial charge on any atom is -0.344 e. The fourth-order valence-corrected chi connectivity index (χ4v) is 1.83. The summed E-state index contributed by atoms with van der Waals surface area (Å²) in [6, 6.07) is 0.639. The Morgan fingerprint density at radius 3 is 2.88 bits per heavy atom. The van der Waals surface area contributed by atoms with Crippen molar-refractivity contribution < 1.29 is 9.32 Å². The summed E-state index contributed by atoms with van der Waals surface area (Å²) in [5.74, 6) is 1.15. The van der Waals surface area contributed by atoms with Crippen molar-refractivity contribution in [3.63, 3.8) is 0 Å². The molecule has 0 spiro atoms. The molecule has 6 heteroatoms. The van der Waals surface area contributed by atoms with Crippen LogP contribution in [-0.4, -0.2) is 40.6 Å². The molecule has 1 aromatic rings. The molecule has 1 N–H and O–H groups in total. The smallest absolute Gasteiger partial charge is 0.321 e. The van der Waals surface area contributed by atoms with Crippen LogP contribution in [0, 0.1) is 0 Å². The summed E-state index contributed by atoms with van der Waals surface area (Å²) in [7, 11) is 1.81. The number of likely N-dealkylation sites (N-methyl/N-ethyl adjacent to an activating group) is 1. The summed E-state index contributed by atoms with van der Waals surface area (Å²) in [5.41, 5.74) is 0. The SMILES string of the molecule is CC(C)c1noc(N[C@H]2CCC(=O)N(C)C2)n1. The third-order valence-corrected chi connectivity index (χ3v) is 2.91. The van der Waals surface area contributed by atoms with E-state index in [-0.39, 0.29) is 17.9 Å². The average Bonchev–Trinajstić information content (AvgIpc) is 2.72. The lowest BCUT2D eigenvalue weighted by molar-refractivity contribution is -0.132. The Morgan fingerprint density at radius 1 is 1.53 bits per heavy atom. The molecule has 0 aliphatic carbocycles. The molecule has 1 fully saturated rings. The second-order valence-electron chi connectivity index (χ2n) is 4.77. The highest BCUT2D eigenvalue weighted by atomic mass is 16.5. The largest absolute Gasteiger partial charge is 0.344 e. The highest BCUT2D eigenvalue weighted by Gasteiger charge is 2.24. The molecular formula is C11H18N4O2. The predicted molar refractivity (Wildman–Crippen MR) is 62.7 cm³/mol. The van der Waals surface area contributed by atoms with Crippen LogP contribution in [0.2, 0.25) is 0 Å². The van der Waals surface area contributed by atoms with Crippen molar-refractivity contribution in [2.24, 2.45) is 0 Å². The Bertz CT molecular complexity index is 402. The third-order valence-electron chi connectivity index (χ3n) is 2.91. The highest BCUT2D eigenvalue weighted by molar-refractivity contribution is 5.76. The van der Waals surface area contributed by atoms with Gasteiger partial charge in [0.15, 0.2) is 5.82 Å². The number of nitrogens with zero attached hydrogens (tertiary/aromatic N) is 3. The number of hydrogen-bond acceptors (Lipinski definition) is 5. The van der Waals surface area contributed by atoms with Gasteiger partial charge >= 0.3 is 6.01 Å². The molecule has 1 aromatic heterocycles. The standard InChI is InChI=1S/C11H18N4O2/c1-7(2)10-13-11(17-14-10)12-8-4-5-9(16)15(3)6-8/h7-8H,4-6H2,1-3H3,(H,12,13,14)/t8-/m0/s1. The van der Waals surface area contributed by atoms with Crippen molar-refractivity contribution in [3.8, 4) is 0 Å². The van der Waals surface area contributed by atoms with Crippen LogP contribution in [0.4, 0.5) is 6.01 Å². The highest BCUT2D eigenvalue weighted by Crippen LogP contribution is 2.17. The monoisotopic (exact) mass is 238 g/mol. The molecule has 0 saturated carbocycles. The molecule has 1 atom stereocenters. The number of piperidine rings is 1. The van der Waals surface area contributed by atoms with Gasteiger partial charge in [-0.2, -0.15) is 4.98 Å². The maximum Gasteiger partial charge on any atom is 0.321 e. The lowest BCUT2D eigenvalue weighted by Gasteiger charge is -2.29. The lowest BCUT2D eigenvalue weighted by Crippen LogP contribution is -2.43. The van der Waals surface area contributed by atoms with Gasteiger partial charge in [-0.1, -0.05) is 19.0 Å². The minimum absolute atomic E-state index is 0.191. The van der Waals surface area contributed by atoms with Crippen molar-refractivity contribution in [1.29, 1.82) is 0 Å². The summed E-state index contributed by atoms with van der Waals surface area (Å²) >= 11 is 0. The van der Waals surface area contributed by atoms with E-state index in [4.69, 9.17) is 4.52 Å². The summed E-state index contributed by atoms with van der Waals surface area (Å²) in [4.78, 5) is 17.3. The number of hydrogen-bond donors (Lipinski definition) is 1. The number of carbonyl (C=O) groups excluding carboxylic acids is 1. The number of carbonyl (C=O) groups is 1. The number of anilines is 1. The van der Waals surface area contributed by atoms with E-state index < -0.39 is 0 Å². The lowest BCUT2D eigenvalue weighted by atomic mass is 10.1. The number of rotatable bonds is 3. The van der Waals surface area contributed by atoms with E-state index >= 15 is 0 Å². The van der Waals surface area contributed by atoms with Crippen molar-refractivity contribution in [2.75, 3.05) is 18.9 Å². The normalized spacial score (nSPS) is 21.1. The van der Waals surface area contributed by atoms with Crippen molar-refractivity contribution in [3.05, 3.63) is 5.82 Å². The Kier molecular flexibility index (Phi) is 3.31. The van der Waals surface area contributed by atoms with Crippen LogP contribution < -0.4 is 5.32 Å². The second-order valence-corrected chi connectivity index (χ2v) is 4.77. The summed E-state index contributed by atoms with van der Waals surface area (Å²) in [5, 5.41) is 7.06. The van der Waals surface area contributed by atoms with Gasteiger partial charge in [0.2, 0.25) is 5.91 Å². The van der Waals surface area contributed by atoms with Crippen LogP contribution in [0.1, 0.15) is 38.4 Å². The van der Waals surface area contributed by atoms with Crippen molar-refractivity contribution in [1.82, 2.24) is 15.0 Å². The van der Waals surface area contributed by atoms with Crippen LogP contribution in [-0.2, 0) is 4.79 Å².